The molecule has 1 N–H and O–H groups in total. The quantitative estimate of drug-likeness (QED) is 0.643. The van der Waals surface area contributed by atoms with Gasteiger partial charge in [0, 0.05) is 32.7 Å². The molecule has 0 bridgehead atoms. The third kappa shape index (κ3) is 2.65. The third-order valence-corrected chi connectivity index (χ3v) is 3.46. The van der Waals surface area contributed by atoms with E-state index < -0.39 is 4.92 Å². The molecule has 2 aromatic rings. The molecule has 1 saturated heterocycles. The van der Waals surface area contributed by atoms with E-state index in [9.17, 15) is 10.1 Å². The number of ether oxygens (including phenoxy) is 1. The van der Waals surface area contributed by atoms with E-state index in [0.29, 0.717) is 18.7 Å². The highest BCUT2D eigenvalue weighted by molar-refractivity contribution is 5.93. The number of benzene rings is 1. The fraction of sp³-hybridized carbons (Fsp3) is 0.500. The SMILES string of the molecule is CN(CC1CNCCO1)c1ccc([N+](=O)[O-])c2nonc12. The molecule has 0 saturated carbocycles. The van der Waals surface area contributed by atoms with Crippen molar-refractivity contribution in [1.82, 2.24) is 15.6 Å². The highest BCUT2D eigenvalue weighted by atomic mass is 16.6. The first-order valence-corrected chi connectivity index (χ1v) is 6.60. The van der Waals surface area contributed by atoms with Crippen LogP contribution in [0, 0.1) is 10.1 Å². The smallest absolute Gasteiger partial charge is 0.300 e. The summed E-state index contributed by atoms with van der Waals surface area (Å²) < 4.78 is 10.3. The lowest BCUT2D eigenvalue weighted by Crippen LogP contribution is -2.44. The van der Waals surface area contributed by atoms with Crippen LogP contribution in [0.5, 0.6) is 0 Å². The average Bonchev–Trinajstić information content (AvgIpc) is 2.96. The highest BCUT2D eigenvalue weighted by Gasteiger charge is 2.23. The lowest BCUT2D eigenvalue weighted by atomic mass is 10.2. The number of aromatic nitrogens is 2. The van der Waals surface area contributed by atoms with E-state index in [-0.39, 0.29) is 17.3 Å². The van der Waals surface area contributed by atoms with E-state index in [1.807, 2.05) is 11.9 Å². The van der Waals surface area contributed by atoms with Crippen LogP contribution in [0.1, 0.15) is 0 Å². The molecule has 2 heterocycles. The first kappa shape index (κ1) is 13.7. The van der Waals surface area contributed by atoms with Crippen LogP contribution in [-0.2, 0) is 4.74 Å². The molecule has 3 rings (SSSR count). The monoisotopic (exact) mass is 293 g/mol. The number of fused-ring (bicyclic) bond motifs is 1. The lowest BCUT2D eigenvalue weighted by Gasteiger charge is -2.29. The summed E-state index contributed by atoms with van der Waals surface area (Å²) in [4.78, 5) is 12.4. The number of non-ortho nitro benzene ring substituents is 1. The number of hydrogen-bond donors (Lipinski definition) is 1. The van der Waals surface area contributed by atoms with E-state index in [1.54, 1.807) is 6.07 Å². The molecule has 9 nitrogen and oxygen atoms in total. The number of hydrogen-bond acceptors (Lipinski definition) is 8. The molecule has 9 heteroatoms. The zero-order valence-corrected chi connectivity index (χ0v) is 11.5. The Bertz CT molecular complexity index is 652. The minimum atomic E-state index is -0.496. The van der Waals surface area contributed by atoms with Crippen LogP contribution < -0.4 is 10.2 Å². The topological polar surface area (TPSA) is 107 Å². The number of nitro benzene ring substituents is 1. The molecule has 1 aliphatic rings. The van der Waals surface area contributed by atoms with Crippen molar-refractivity contribution in [2.24, 2.45) is 0 Å². The maximum Gasteiger partial charge on any atom is 0.300 e. The second-order valence-corrected chi connectivity index (χ2v) is 4.90. The van der Waals surface area contributed by atoms with Gasteiger partial charge in [0.15, 0.2) is 5.52 Å². The zero-order chi connectivity index (χ0) is 14.8. The summed E-state index contributed by atoms with van der Waals surface area (Å²) in [5.41, 5.74) is 1.16. The fourth-order valence-electron chi connectivity index (χ4n) is 2.44. The normalized spacial score (nSPS) is 18.8. The van der Waals surface area contributed by atoms with Gasteiger partial charge in [-0.3, -0.25) is 10.1 Å². The minimum Gasteiger partial charge on any atom is -0.374 e. The molecular weight excluding hydrogens is 278 g/mol. The molecule has 0 spiro atoms. The van der Waals surface area contributed by atoms with Crippen molar-refractivity contribution < 1.29 is 14.3 Å². The summed E-state index contributed by atoms with van der Waals surface area (Å²) >= 11 is 0. The Labute approximate surface area is 120 Å². The number of rotatable bonds is 4. The summed E-state index contributed by atoms with van der Waals surface area (Å²) in [7, 11) is 1.88. The Kier molecular flexibility index (Phi) is 3.67. The molecule has 0 aliphatic carbocycles. The van der Waals surface area contributed by atoms with E-state index in [2.05, 4.69) is 20.3 Å². The van der Waals surface area contributed by atoms with E-state index in [4.69, 9.17) is 4.74 Å². The molecule has 1 unspecified atom stereocenters. The van der Waals surface area contributed by atoms with Crippen molar-refractivity contribution >= 4 is 22.4 Å². The standard InChI is InChI=1S/C12H15N5O4/c1-16(7-8-6-13-4-5-20-8)9-2-3-10(17(18)19)12-11(9)14-21-15-12/h2-3,8,13H,4-7H2,1H3. The summed E-state index contributed by atoms with van der Waals surface area (Å²) in [6, 6.07) is 3.07. The Morgan fingerprint density at radius 1 is 1.48 bits per heavy atom. The van der Waals surface area contributed by atoms with Crippen molar-refractivity contribution in [1.29, 1.82) is 0 Å². The molecule has 112 valence electrons. The Morgan fingerprint density at radius 2 is 2.29 bits per heavy atom. The van der Waals surface area contributed by atoms with Gasteiger partial charge in [-0.25, -0.2) is 4.63 Å². The molecule has 1 aliphatic heterocycles. The van der Waals surface area contributed by atoms with Gasteiger partial charge in [0.2, 0.25) is 5.52 Å². The molecule has 0 amide bonds. The summed E-state index contributed by atoms with van der Waals surface area (Å²) in [6.45, 7) is 2.96. The van der Waals surface area contributed by atoms with E-state index in [1.165, 1.54) is 6.07 Å². The summed E-state index contributed by atoms with van der Waals surface area (Å²) in [6.07, 6.45) is 0.0638. The summed E-state index contributed by atoms with van der Waals surface area (Å²) in [5, 5.41) is 21.6. The number of likely N-dealkylation sites (N-methyl/N-ethyl adjacent to an activating group) is 1. The maximum atomic E-state index is 11.0. The molecule has 1 aromatic heterocycles. The van der Waals surface area contributed by atoms with Crippen LogP contribution in [0.4, 0.5) is 11.4 Å². The second kappa shape index (κ2) is 5.62. The highest BCUT2D eigenvalue weighted by Crippen LogP contribution is 2.30. The van der Waals surface area contributed by atoms with Gasteiger partial charge in [-0.05, 0) is 16.4 Å². The third-order valence-electron chi connectivity index (χ3n) is 3.46. The molecule has 1 fully saturated rings. The van der Waals surface area contributed by atoms with Gasteiger partial charge in [0.05, 0.1) is 23.3 Å². The molecule has 1 aromatic carbocycles. The maximum absolute atomic E-state index is 11.0. The predicted molar refractivity (Wildman–Crippen MR) is 74.3 cm³/mol. The fourth-order valence-corrected chi connectivity index (χ4v) is 2.44. The van der Waals surface area contributed by atoms with Crippen molar-refractivity contribution in [3.8, 4) is 0 Å². The first-order valence-electron chi connectivity index (χ1n) is 6.60. The number of nitrogens with one attached hydrogen (secondary N) is 1. The lowest BCUT2D eigenvalue weighted by molar-refractivity contribution is -0.383. The van der Waals surface area contributed by atoms with Gasteiger partial charge < -0.3 is 15.0 Å². The number of anilines is 1. The predicted octanol–water partition coefficient (Wildman–Crippen LogP) is 0.556. The van der Waals surface area contributed by atoms with Gasteiger partial charge in [-0.1, -0.05) is 0 Å². The van der Waals surface area contributed by atoms with Crippen molar-refractivity contribution in [2.45, 2.75) is 6.10 Å². The van der Waals surface area contributed by atoms with Crippen LogP contribution in [0.3, 0.4) is 0 Å². The van der Waals surface area contributed by atoms with Crippen molar-refractivity contribution in [2.75, 3.05) is 38.2 Å². The summed E-state index contributed by atoms with van der Waals surface area (Å²) in [5.74, 6) is 0. The Balaban J connectivity index is 1.87. The van der Waals surface area contributed by atoms with Gasteiger partial charge in [0.25, 0.3) is 0 Å². The number of nitrogens with zero attached hydrogens (tertiary/aromatic N) is 4. The van der Waals surface area contributed by atoms with Gasteiger partial charge in [-0.2, -0.15) is 0 Å². The molecule has 21 heavy (non-hydrogen) atoms. The van der Waals surface area contributed by atoms with Crippen molar-refractivity contribution in [3.63, 3.8) is 0 Å². The first-order chi connectivity index (χ1) is 10.2. The van der Waals surface area contributed by atoms with Gasteiger partial charge >= 0.3 is 5.69 Å². The van der Waals surface area contributed by atoms with Crippen LogP contribution in [-0.4, -0.2) is 54.6 Å². The van der Waals surface area contributed by atoms with Crippen LogP contribution in [0.15, 0.2) is 16.8 Å². The Hall–Kier alpha value is -2.26. The van der Waals surface area contributed by atoms with Gasteiger partial charge in [-0.15, -0.1) is 0 Å². The zero-order valence-electron chi connectivity index (χ0n) is 11.5. The van der Waals surface area contributed by atoms with Crippen LogP contribution in [0.25, 0.3) is 11.0 Å². The van der Waals surface area contributed by atoms with E-state index >= 15 is 0 Å². The number of morpholine rings is 1. The van der Waals surface area contributed by atoms with Crippen molar-refractivity contribution in [3.05, 3.63) is 22.2 Å². The minimum absolute atomic E-state index is 0.0638. The molecular formula is C12H15N5O4. The molecule has 1 atom stereocenters. The van der Waals surface area contributed by atoms with Gasteiger partial charge in [0.1, 0.15) is 0 Å². The average molecular weight is 293 g/mol. The Morgan fingerprint density at radius 3 is 3.00 bits per heavy atom. The molecule has 0 radical (unpaired) electrons. The second-order valence-electron chi connectivity index (χ2n) is 4.90. The van der Waals surface area contributed by atoms with Crippen LogP contribution >= 0.6 is 0 Å². The van der Waals surface area contributed by atoms with E-state index in [0.717, 1.165) is 18.8 Å². The number of nitro groups is 1. The van der Waals surface area contributed by atoms with Crippen LogP contribution in [0.2, 0.25) is 0 Å². The largest absolute Gasteiger partial charge is 0.374 e.